The molecule has 0 amide bonds. The van der Waals surface area contributed by atoms with Crippen LogP contribution in [0, 0.1) is 5.92 Å². The van der Waals surface area contributed by atoms with E-state index < -0.39 is 26.2 Å². The third-order valence-electron chi connectivity index (χ3n) is 3.59. The number of hydrogen-bond acceptors (Lipinski definition) is 5. The summed E-state index contributed by atoms with van der Waals surface area (Å²) >= 11 is 0. The fraction of sp³-hybridized carbons (Fsp3) is 0.500. The summed E-state index contributed by atoms with van der Waals surface area (Å²) in [6, 6.07) is 4.98. The highest BCUT2D eigenvalue weighted by atomic mass is 32.2. The largest absolute Gasteiger partial charge is 0.393 e. The van der Waals surface area contributed by atoms with Crippen LogP contribution in [0.25, 0.3) is 0 Å². The molecule has 1 heterocycles. The lowest BCUT2D eigenvalue weighted by atomic mass is 9.99. The minimum absolute atomic E-state index is 0.113. The van der Waals surface area contributed by atoms with Gasteiger partial charge < -0.3 is 5.11 Å². The standard InChI is InChI=1S/C12H18N2O5S2/c1-9-8-14(6-5-12(9)15)21(18,19)11-4-2-3-10(7-11)20(13,16)17/h2-4,7,9,12,15H,5-6,8H2,1H3,(H2,13,16,17). The molecule has 2 rings (SSSR count). The molecule has 2 unspecified atom stereocenters. The van der Waals surface area contributed by atoms with Gasteiger partial charge in [0.15, 0.2) is 0 Å². The molecular weight excluding hydrogens is 316 g/mol. The minimum Gasteiger partial charge on any atom is -0.393 e. The van der Waals surface area contributed by atoms with E-state index in [-0.39, 0.29) is 28.8 Å². The van der Waals surface area contributed by atoms with E-state index in [0.29, 0.717) is 6.42 Å². The summed E-state index contributed by atoms with van der Waals surface area (Å²) in [7, 11) is -7.76. The molecule has 9 heteroatoms. The maximum atomic E-state index is 12.5. The van der Waals surface area contributed by atoms with Gasteiger partial charge in [-0.1, -0.05) is 13.0 Å². The molecule has 1 aromatic carbocycles. The van der Waals surface area contributed by atoms with Gasteiger partial charge in [-0.05, 0) is 30.5 Å². The molecule has 0 aromatic heterocycles. The summed E-state index contributed by atoms with van der Waals surface area (Å²) in [5, 5.41) is 14.7. The third-order valence-corrected chi connectivity index (χ3v) is 6.37. The van der Waals surface area contributed by atoms with Crippen LogP contribution >= 0.6 is 0 Å². The SMILES string of the molecule is CC1CN(S(=O)(=O)c2cccc(S(N)(=O)=O)c2)CCC1O. The fourth-order valence-electron chi connectivity index (χ4n) is 2.27. The van der Waals surface area contributed by atoms with Crippen molar-refractivity contribution < 1.29 is 21.9 Å². The second-order valence-electron chi connectivity index (χ2n) is 5.22. The van der Waals surface area contributed by atoms with Crippen molar-refractivity contribution in [2.75, 3.05) is 13.1 Å². The minimum atomic E-state index is -3.96. The van der Waals surface area contributed by atoms with E-state index in [1.165, 1.54) is 22.5 Å². The van der Waals surface area contributed by atoms with Gasteiger partial charge in [0, 0.05) is 13.1 Å². The highest BCUT2D eigenvalue weighted by molar-refractivity contribution is 7.90. The molecule has 1 aliphatic heterocycles. The average Bonchev–Trinajstić information content (AvgIpc) is 2.41. The van der Waals surface area contributed by atoms with E-state index in [1.807, 2.05) is 0 Å². The maximum Gasteiger partial charge on any atom is 0.243 e. The molecule has 2 atom stereocenters. The fourth-order valence-corrected chi connectivity index (χ4v) is 4.51. The normalized spacial score (nSPS) is 24.9. The van der Waals surface area contributed by atoms with Gasteiger partial charge >= 0.3 is 0 Å². The number of hydrogen-bond donors (Lipinski definition) is 2. The zero-order valence-corrected chi connectivity index (χ0v) is 13.1. The average molecular weight is 334 g/mol. The van der Waals surface area contributed by atoms with Gasteiger partial charge in [-0.15, -0.1) is 0 Å². The van der Waals surface area contributed by atoms with Crippen LogP contribution in [0.3, 0.4) is 0 Å². The first-order valence-corrected chi connectivity index (χ1v) is 9.42. The first-order chi connectivity index (χ1) is 9.62. The van der Waals surface area contributed by atoms with Crippen molar-refractivity contribution in [3.05, 3.63) is 24.3 Å². The van der Waals surface area contributed by atoms with Gasteiger partial charge in [0.25, 0.3) is 0 Å². The molecule has 1 aliphatic rings. The van der Waals surface area contributed by atoms with Crippen molar-refractivity contribution in [3.8, 4) is 0 Å². The predicted molar refractivity (Wildman–Crippen MR) is 76.4 cm³/mol. The molecular formula is C12H18N2O5S2. The summed E-state index contributed by atoms with van der Waals surface area (Å²) in [6.07, 6.45) is -0.165. The molecule has 1 aromatic rings. The molecule has 7 nitrogen and oxygen atoms in total. The Balaban J connectivity index is 2.37. The van der Waals surface area contributed by atoms with Crippen LogP contribution in [-0.4, -0.2) is 45.4 Å². The number of nitrogens with zero attached hydrogens (tertiary/aromatic N) is 1. The van der Waals surface area contributed by atoms with Crippen LogP contribution in [0.4, 0.5) is 0 Å². The molecule has 0 bridgehead atoms. The van der Waals surface area contributed by atoms with Crippen molar-refractivity contribution in [2.24, 2.45) is 11.1 Å². The molecule has 0 spiro atoms. The van der Waals surface area contributed by atoms with E-state index in [4.69, 9.17) is 5.14 Å². The van der Waals surface area contributed by atoms with E-state index in [1.54, 1.807) is 6.92 Å². The molecule has 0 saturated carbocycles. The van der Waals surface area contributed by atoms with Crippen molar-refractivity contribution in [2.45, 2.75) is 29.2 Å². The van der Waals surface area contributed by atoms with E-state index in [0.717, 1.165) is 6.07 Å². The molecule has 0 aliphatic carbocycles. The number of rotatable bonds is 3. The second-order valence-corrected chi connectivity index (χ2v) is 8.72. The van der Waals surface area contributed by atoms with Crippen LogP contribution < -0.4 is 5.14 Å². The Hall–Kier alpha value is -1.00. The Kier molecular flexibility index (Phi) is 4.41. The lowest BCUT2D eigenvalue weighted by molar-refractivity contribution is 0.0628. The van der Waals surface area contributed by atoms with Crippen molar-refractivity contribution in [1.29, 1.82) is 0 Å². The summed E-state index contributed by atoms with van der Waals surface area (Å²) < 4.78 is 49.0. The molecule has 1 saturated heterocycles. The Bertz CT molecular complexity index is 730. The number of nitrogens with two attached hydrogens (primary N) is 1. The van der Waals surface area contributed by atoms with Gasteiger partial charge in [-0.2, -0.15) is 4.31 Å². The van der Waals surface area contributed by atoms with Gasteiger partial charge in [-0.25, -0.2) is 22.0 Å². The highest BCUT2D eigenvalue weighted by Gasteiger charge is 2.33. The number of aliphatic hydroxyl groups excluding tert-OH is 1. The Morgan fingerprint density at radius 1 is 1.24 bits per heavy atom. The molecule has 3 N–H and O–H groups in total. The summed E-state index contributed by atoms with van der Waals surface area (Å²) in [4.78, 5) is -0.355. The summed E-state index contributed by atoms with van der Waals surface area (Å²) in [5.74, 6) is -0.171. The molecule has 21 heavy (non-hydrogen) atoms. The van der Waals surface area contributed by atoms with Crippen LogP contribution in [0.1, 0.15) is 13.3 Å². The number of aliphatic hydroxyl groups is 1. The lowest BCUT2D eigenvalue weighted by Gasteiger charge is -2.33. The van der Waals surface area contributed by atoms with Crippen LogP contribution in [0.2, 0.25) is 0 Å². The first kappa shape index (κ1) is 16.4. The Morgan fingerprint density at radius 3 is 2.43 bits per heavy atom. The topological polar surface area (TPSA) is 118 Å². The molecule has 118 valence electrons. The molecule has 1 fully saturated rings. The van der Waals surface area contributed by atoms with Crippen LogP contribution in [-0.2, 0) is 20.0 Å². The smallest absolute Gasteiger partial charge is 0.243 e. The third kappa shape index (κ3) is 3.43. The quantitative estimate of drug-likeness (QED) is 0.788. The summed E-state index contributed by atoms with van der Waals surface area (Å²) in [5.41, 5.74) is 0. The van der Waals surface area contributed by atoms with Gasteiger partial charge in [-0.3, -0.25) is 0 Å². The number of sulfonamides is 2. The maximum absolute atomic E-state index is 12.5. The van der Waals surface area contributed by atoms with E-state index in [9.17, 15) is 21.9 Å². The van der Waals surface area contributed by atoms with Gasteiger partial charge in [0.2, 0.25) is 20.0 Å². The summed E-state index contributed by atoms with van der Waals surface area (Å²) in [6.45, 7) is 2.17. The van der Waals surface area contributed by atoms with Crippen LogP contribution in [0.15, 0.2) is 34.1 Å². The van der Waals surface area contributed by atoms with Crippen molar-refractivity contribution in [3.63, 3.8) is 0 Å². The number of benzene rings is 1. The van der Waals surface area contributed by atoms with Crippen LogP contribution in [0.5, 0.6) is 0 Å². The predicted octanol–water partition coefficient (Wildman–Crippen LogP) is -0.275. The zero-order valence-electron chi connectivity index (χ0n) is 11.5. The molecule has 0 radical (unpaired) electrons. The monoisotopic (exact) mass is 334 g/mol. The van der Waals surface area contributed by atoms with Crippen molar-refractivity contribution in [1.82, 2.24) is 4.31 Å². The first-order valence-electron chi connectivity index (χ1n) is 6.43. The van der Waals surface area contributed by atoms with Gasteiger partial charge in [0.1, 0.15) is 0 Å². The highest BCUT2D eigenvalue weighted by Crippen LogP contribution is 2.24. The van der Waals surface area contributed by atoms with E-state index in [2.05, 4.69) is 0 Å². The van der Waals surface area contributed by atoms with Crippen molar-refractivity contribution >= 4 is 20.0 Å². The second kappa shape index (κ2) is 5.65. The number of piperidine rings is 1. The Morgan fingerprint density at radius 2 is 1.86 bits per heavy atom. The zero-order chi connectivity index (χ0) is 15.8. The van der Waals surface area contributed by atoms with Gasteiger partial charge in [0.05, 0.1) is 15.9 Å². The number of primary sulfonamides is 1. The van der Waals surface area contributed by atoms with E-state index >= 15 is 0 Å². The Labute approximate surface area is 124 Å². The lowest BCUT2D eigenvalue weighted by Crippen LogP contribution is -2.44.